The SMILES string of the molecule is FC(F)(F)c1cc(CN2CCOc3nccc(-c4ccccc4)c3C2)cc(C(F)(F)F)c1. The van der Waals surface area contributed by atoms with E-state index in [0.29, 0.717) is 12.4 Å². The summed E-state index contributed by atoms with van der Waals surface area (Å²) in [5, 5.41) is 0. The summed E-state index contributed by atoms with van der Waals surface area (Å²) in [5.41, 5.74) is -0.210. The van der Waals surface area contributed by atoms with E-state index in [1.54, 1.807) is 11.1 Å². The second kappa shape index (κ2) is 8.46. The van der Waals surface area contributed by atoms with Gasteiger partial charge in [0.05, 0.1) is 11.1 Å². The smallest absolute Gasteiger partial charge is 0.416 e. The zero-order chi connectivity index (χ0) is 22.9. The Bertz CT molecular complexity index is 1060. The molecule has 4 rings (SSSR count). The molecule has 0 atom stereocenters. The van der Waals surface area contributed by atoms with Crippen LogP contribution in [0, 0.1) is 0 Å². The lowest BCUT2D eigenvalue weighted by atomic mass is 10.0. The molecule has 0 fully saturated rings. The lowest BCUT2D eigenvalue weighted by Gasteiger charge is -2.22. The van der Waals surface area contributed by atoms with Crippen LogP contribution in [0.4, 0.5) is 26.3 Å². The third-order valence-corrected chi connectivity index (χ3v) is 5.18. The van der Waals surface area contributed by atoms with E-state index in [2.05, 4.69) is 4.98 Å². The fourth-order valence-corrected chi connectivity index (χ4v) is 3.72. The highest BCUT2D eigenvalue weighted by Crippen LogP contribution is 2.37. The number of nitrogens with zero attached hydrogens (tertiary/aromatic N) is 2. The van der Waals surface area contributed by atoms with Crippen LogP contribution >= 0.6 is 0 Å². The van der Waals surface area contributed by atoms with Crippen LogP contribution in [-0.2, 0) is 25.4 Å². The van der Waals surface area contributed by atoms with E-state index in [-0.39, 0.29) is 31.3 Å². The van der Waals surface area contributed by atoms with Crippen LogP contribution in [0.25, 0.3) is 11.1 Å². The van der Waals surface area contributed by atoms with E-state index in [9.17, 15) is 26.3 Å². The minimum absolute atomic E-state index is 0.0687. The Hall–Kier alpha value is -3.07. The summed E-state index contributed by atoms with van der Waals surface area (Å²) in [6.07, 6.45) is -8.15. The summed E-state index contributed by atoms with van der Waals surface area (Å²) >= 11 is 0. The Balaban J connectivity index is 1.68. The van der Waals surface area contributed by atoms with Gasteiger partial charge in [0, 0.05) is 31.4 Å². The first-order valence-electron chi connectivity index (χ1n) is 9.78. The summed E-state index contributed by atoms with van der Waals surface area (Å²) in [6, 6.07) is 12.9. The maximum Gasteiger partial charge on any atom is 0.416 e. The van der Waals surface area contributed by atoms with E-state index in [1.807, 2.05) is 36.4 Å². The predicted molar refractivity (Wildman–Crippen MR) is 106 cm³/mol. The third-order valence-electron chi connectivity index (χ3n) is 5.18. The van der Waals surface area contributed by atoms with Crippen LogP contribution in [-0.4, -0.2) is 23.0 Å². The van der Waals surface area contributed by atoms with Crippen LogP contribution in [0.15, 0.2) is 60.8 Å². The molecule has 0 radical (unpaired) electrons. The number of alkyl halides is 6. The molecule has 0 spiro atoms. The number of ether oxygens (including phenoxy) is 1. The Morgan fingerprint density at radius 3 is 2.16 bits per heavy atom. The molecule has 9 heteroatoms. The normalized spacial score (nSPS) is 15.1. The van der Waals surface area contributed by atoms with Gasteiger partial charge in [0.2, 0.25) is 5.88 Å². The average molecular weight is 452 g/mol. The van der Waals surface area contributed by atoms with Crippen molar-refractivity contribution in [1.82, 2.24) is 9.88 Å². The van der Waals surface area contributed by atoms with E-state index in [0.717, 1.165) is 28.8 Å². The quantitative estimate of drug-likeness (QED) is 0.444. The number of fused-ring (bicyclic) bond motifs is 1. The first-order chi connectivity index (χ1) is 15.1. The fraction of sp³-hybridized carbons (Fsp3) is 0.261. The van der Waals surface area contributed by atoms with Crippen molar-refractivity contribution in [3.8, 4) is 17.0 Å². The molecule has 3 aromatic rings. The highest BCUT2D eigenvalue weighted by Gasteiger charge is 2.37. The lowest BCUT2D eigenvalue weighted by Crippen LogP contribution is -2.26. The maximum atomic E-state index is 13.2. The predicted octanol–water partition coefficient (Wildman–Crippen LogP) is 6.18. The van der Waals surface area contributed by atoms with E-state index in [1.165, 1.54) is 0 Å². The highest BCUT2D eigenvalue weighted by molar-refractivity contribution is 5.68. The Kier molecular flexibility index (Phi) is 5.85. The van der Waals surface area contributed by atoms with E-state index >= 15 is 0 Å². The summed E-state index contributed by atoms with van der Waals surface area (Å²) in [5.74, 6) is 0.411. The molecule has 0 saturated heterocycles. The first kappa shape index (κ1) is 22.1. The van der Waals surface area contributed by atoms with Crippen LogP contribution in [0.2, 0.25) is 0 Å². The highest BCUT2D eigenvalue weighted by atomic mass is 19.4. The number of hydrogen-bond acceptors (Lipinski definition) is 3. The van der Waals surface area contributed by atoms with Gasteiger partial charge in [-0.3, -0.25) is 4.90 Å². The molecule has 0 N–H and O–H groups in total. The number of aromatic nitrogens is 1. The zero-order valence-electron chi connectivity index (χ0n) is 16.7. The Morgan fingerprint density at radius 1 is 0.875 bits per heavy atom. The molecule has 0 saturated carbocycles. The van der Waals surface area contributed by atoms with Gasteiger partial charge in [-0.1, -0.05) is 30.3 Å². The second-order valence-electron chi connectivity index (χ2n) is 7.48. The molecule has 32 heavy (non-hydrogen) atoms. The number of rotatable bonds is 3. The van der Waals surface area contributed by atoms with Gasteiger partial charge in [-0.15, -0.1) is 0 Å². The molecule has 0 unspecified atom stereocenters. The largest absolute Gasteiger partial charge is 0.476 e. The van der Waals surface area contributed by atoms with Gasteiger partial charge >= 0.3 is 12.4 Å². The number of hydrogen-bond donors (Lipinski definition) is 0. The van der Waals surface area contributed by atoms with Crippen LogP contribution in [0.3, 0.4) is 0 Å². The maximum absolute atomic E-state index is 13.2. The number of halogens is 6. The average Bonchev–Trinajstić information content (AvgIpc) is 2.94. The van der Waals surface area contributed by atoms with Gasteiger partial charge in [-0.2, -0.15) is 26.3 Å². The molecule has 0 bridgehead atoms. The standard InChI is InChI=1S/C23H18F6N2O/c24-22(25,26)17-10-15(11-18(12-17)23(27,28)29)13-31-8-9-32-21-20(14-31)19(6-7-30-21)16-4-2-1-3-5-16/h1-7,10-12H,8-9,13-14H2. The summed E-state index contributed by atoms with van der Waals surface area (Å²) in [7, 11) is 0. The fourth-order valence-electron chi connectivity index (χ4n) is 3.72. The molecular weight excluding hydrogens is 434 g/mol. The molecular formula is C23H18F6N2O. The molecule has 0 aliphatic carbocycles. The second-order valence-corrected chi connectivity index (χ2v) is 7.48. The zero-order valence-corrected chi connectivity index (χ0v) is 16.7. The van der Waals surface area contributed by atoms with Crippen molar-refractivity contribution < 1.29 is 31.1 Å². The van der Waals surface area contributed by atoms with E-state index in [4.69, 9.17) is 4.74 Å². The van der Waals surface area contributed by atoms with Crippen molar-refractivity contribution in [2.24, 2.45) is 0 Å². The summed E-state index contributed by atoms with van der Waals surface area (Å²) in [4.78, 5) is 6.01. The van der Waals surface area contributed by atoms with Crippen LogP contribution < -0.4 is 4.74 Å². The third kappa shape index (κ3) is 4.88. The van der Waals surface area contributed by atoms with Crippen molar-refractivity contribution in [3.63, 3.8) is 0 Å². The minimum atomic E-state index is -4.88. The molecule has 2 heterocycles. The first-order valence-corrected chi connectivity index (χ1v) is 9.78. The van der Waals surface area contributed by atoms with Crippen molar-refractivity contribution in [1.29, 1.82) is 0 Å². The van der Waals surface area contributed by atoms with Crippen molar-refractivity contribution in [3.05, 3.63) is 83.0 Å². The Labute approximate surface area is 180 Å². The molecule has 1 aliphatic heterocycles. The van der Waals surface area contributed by atoms with Gasteiger partial charge in [0.1, 0.15) is 6.61 Å². The van der Waals surface area contributed by atoms with Crippen LogP contribution in [0.5, 0.6) is 5.88 Å². The monoisotopic (exact) mass is 452 g/mol. The van der Waals surface area contributed by atoms with Gasteiger partial charge in [0.15, 0.2) is 0 Å². The number of benzene rings is 2. The topological polar surface area (TPSA) is 25.4 Å². The molecule has 1 aromatic heterocycles. The van der Waals surface area contributed by atoms with E-state index < -0.39 is 23.5 Å². The summed E-state index contributed by atoms with van der Waals surface area (Å²) < 4.78 is 85.0. The molecule has 1 aliphatic rings. The molecule has 3 nitrogen and oxygen atoms in total. The number of pyridine rings is 1. The molecule has 168 valence electrons. The van der Waals surface area contributed by atoms with Gasteiger partial charge in [0.25, 0.3) is 0 Å². The van der Waals surface area contributed by atoms with Gasteiger partial charge in [-0.25, -0.2) is 4.98 Å². The molecule has 0 amide bonds. The minimum Gasteiger partial charge on any atom is -0.476 e. The summed E-state index contributed by atoms with van der Waals surface area (Å²) in [6.45, 7) is 0.704. The van der Waals surface area contributed by atoms with Crippen molar-refractivity contribution in [2.45, 2.75) is 25.4 Å². The molecule has 2 aromatic carbocycles. The van der Waals surface area contributed by atoms with Crippen molar-refractivity contribution in [2.75, 3.05) is 13.2 Å². The Morgan fingerprint density at radius 2 is 1.53 bits per heavy atom. The van der Waals surface area contributed by atoms with Crippen LogP contribution in [0.1, 0.15) is 22.3 Å². The van der Waals surface area contributed by atoms with Crippen molar-refractivity contribution >= 4 is 0 Å². The van der Waals surface area contributed by atoms with Gasteiger partial charge in [-0.05, 0) is 41.0 Å². The lowest BCUT2D eigenvalue weighted by molar-refractivity contribution is -0.143. The van der Waals surface area contributed by atoms with Gasteiger partial charge < -0.3 is 4.74 Å².